The van der Waals surface area contributed by atoms with E-state index in [2.05, 4.69) is 41.6 Å². The van der Waals surface area contributed by atoms with Crippen molar-refractivity contribution in [2.45, 2.75) is 66.0 Å². The van der Waals surface area contributed by atoms with Gasteiger partial charge in [0.1, 0.15) is 0 Å². The fourth-order valence-electron chi connectivity index (χ4n) is 4.81. The summed E-state index contributed by atoms with van der Waals surface area (Å²) in [6, 6.07) is 4.72. The first-order valence-corrected chi connectivity index (χ1v) is 11.6. The molecule has 0 atom stereocenters. The minimum Gasteiger partial charge on any atom is -0.309 e. The molecule has 0 radical (unpaired) electrons. The number of hydrogen-bond acceptors (Lipinski definition) is 3. The van der Waals surface area contributed by atoms with E-state index in [9.17, 15) is 9.59 Å². The van der Waals surface area contributed by atoms with Crippen molar-refractivity contribution in [3.63, 3.8) is 0 Å². The Hall–Kier alpha value is -2.25. The second-order valence-corrected chi connectivity index (χ2v) is 11.1. The van der Waals surface area contributed by atoms with E-state index in [0.717, 1.165) is 30.5 Å². The van der Waals surface area contributed by atoms with Gasteiger partial charge in [0.2, 0.25) is 5.91 Å². The van der Waals surface area contributed by atoms with Crippen LogP contribution in [0.2, 0.25) is 10.0 Å². The average Bonchev–Trinajstić information content (AvgIpc) is 3.14. The van der Waals surface area contributed by atoms with Crippen LogP contribution in [0.15, 0.2) is 18.2 Å². The second-order valence-electron chi connectivity index (χ2n) is 10.2. The smallest absolute Gasteiger partial charge is 0.309 e. The Morgan fingerprint density at radius 2 is 1.75 bits per heavy atom. The van der Waals surface area contributed by atoms with Gasteiger partial charge in [0.25, 0.3) is 0 Å². The first-order valence-electron chi connectivity index (χ1n) is 10.8. The van der Waals surface area contributed by atoms with Crippen LogP contribution in [0.25, 0.3) is 0 Å². The number of aromatic amines is 1. The molecule has 1 aliphatic carbocycles. The van der Waals surface area contributed by atoms with Gasteiger partial charge in [0.05, 0.1) is 38.9 Å². The molecule has 0 spiro atoms. The highest BCUT2D eigenvalue weighted by Crippen LogP contribution is 2.54. The summed E-state index contributed by atoms with van der Waals surface area (Å²) >= 11 is 12.4. The van der Waals surface area contributed by atoms with Crippen molar-refractivity contribution in [3.05, 3.63) is 39.5 Å². The largest absolute Gasteiger partial charge is 0.323 e. The number of halogens is 2. The number of carbonyl (C=O) groups is 2. The Labute approximate surface area is 198 Å². The van der Waals surface area contributed by atoms with E-state index in [-0.39, 0.29) is 17.4 Å². The van der Waals surface area contributed by atoms with Gasteiger partial charge in [-0.3, -0.25) is 9.89 Å². The molecule has 7 nitrogen and oxygen atoms in total. The van der Waals surface area contributed by atoms with Crippen molar-refractivity contribution < 1.29 is 9.59 Å². The number of H-pyrrole nitrogens is 1. The molecular weight excluding hydrogens is 449 g/mol. The van der Waals surface area contributed by atoms with Crippen LogP contribution in [-0.2, 0) is 16.9 Å². The van der Waals surface area contributed by atoms with Crippen molar-refractivity contribution in [2.24, 2.45) is 10.8 Å². The van der Waals surface area contributed by atoms with Gasteiger partial charge in [0.15, 0.2) is 5.82 Å². The van der Waals surface area contributed by atoms with Gasteiger partial charge >= 0.3 is 6.03 Å². The van der Waals surface area contributed by atoms with E-state index in [0.29, 0.717) is 28.1 Å². The molecule has 0 bridgehead atoms. The summed E-state index contributed by atoms with van der Waals surface area (Å²) in [6.07, 6.45) is 2.79. The zero-order chi connectivity index (χ0) is 23.5. The number of aromatic nitrogens is 2. The van der Waals surface area contributed by atoms with E-state index in [1.165, 1.54) is 0 Å². The lowest BCUT2D eigenvalue weighted by molar-refractivity contribution is -0.139. The molecule has 1 fully saturated rings. The minimum atomic E-state index is -0.665. The number of para-hydroxylation sites is 1. The van der Waals surface area contributed by atoms with Crippen LogP contribution >= 0.6 is 23.2 Å². The SMILES string of the molecule is CC1(C)c2[nH]nc(NC(=O)C3(C(C)(C)C)CCC3)c2CN1C(=O)Nc1c(Cl)cccc1Cl. The van der Waals surface area contributed by atoms with Crippen molar-refractivity contribution in [1.29, 1.82) is 0 Å². The Morgan fingerprint density at radius 1 is 1.12 bits per heavy atom. The number of rotatable bonds is 3. The van der Waals surface area contributed by atoms with Crippen LogP contribution in [0.5, 0.6) is 0 Å². The van der Waals surface area contributed by atoms with Gasteiger partial charge in [-0.15, -0.1) is 0 Å². The van der Waals surface area contributed by atoms with Gasteiger partial charge in [-0.1, -0.05) is 56.5 Å². The lowest BCUT2D eigenvalue weighted by atomic mass is 9.54. The molecule has 1 aromatic heterocycles. The van der Waals surface area contributed by atoms with Crippen LogP contribution in [0, 0.1) is 10.8 Å². The van der Waals surface area contributed by atoms with Gasteiger partial charge in [-0.25, -0.2) is 4.79 Å². The molecule has 2 heterocycles. The third-order valence-electron chi connectivity index (χ3n) is 7.22. The Morgan fingerprint density at radius 3 is 2.28 bits per heavy atom. The zero-order valence-corrected chi connectivity index (χ0v) is 20.5. The molecule has 1 saturated carbocycles. The normalized spacial score (nSPS) is 18.7. The third-order valence-corrected chi connectivity index (χ3v) is 7.85. The number of nitrogens with one attached hydrogen (secondary N) is 3. The Kier molecular flexibility index (Phi) is 5.49. The maximum absolute atomic E-state index is 13.3. The molecule has 2 aliphatic rings. The highest BCUT2D eigenvalue weighted by atomic mass is 35.5. The van der Waals surface area contributed by atoms with Crippen molar-refractivity contribution in [1.82, 2.24) is 15.1 Å². The number of urea groups is 1. The van der Waals surface area contributed by atoms with Crippen molar-refractivity contribution >= 4 is 46.6 Å². The fraction of sp³-hybridized carbons (Fsp3) is 0.522. The number of anilines is 2. The summed E-state index contributed by atoms with van der Waals surface area (Å²) in [5, 5.41) is 14.0. The molecule has 3 N–H and O–H groups in total. The summed E-state index contributed by atoms with van der Waals surface area (Å²) in [4.78, 5) is 28.1. The lowest BCUT2D eigenvalue weighted by Gasteiger charge is -2.49. The molecule has 172 valence electrons. The van der Waals surface area contributed by atoms with Gasteiger partial charge < -0.3 is 15.5 Å². The first-order chi connectivity index (χ1) is 14.9. The third kappa shape index (κ3) is 3.46. The topological polar surface area (TPSA) is 90.1 Å². The molecule has 1 aromatic carbocycles. The van der Waals surface area contributed by atoms with E-state index in [4.69, 9.17) is 23.2 Å². The highest BCUT2D eigenvalue weighted by molar-refractivity contribution is 6.39. The molecule has 0 unspecified atom stereocenters. The standard InChI is InChI=1S/C23H29Cl2N5O2/c1-21(2,3)23(10-7-11-23)19(31)27-18-13-12-30(22(4,5)17(13)28-29-18)20(32)26-16-14(24)8-6-9-15(16)25/h6,8-9H,7,10-12H2,1-5H3,(H,26,32)(H2,27,28,29,31). The number of nitrogens with zero attached hydrogens (tertiary/aromatic N) is 2. The molecule has 3 amide bonds. The fourth-order valence-corrected chi connectivity index (χ4v) is 5.30. The highest BCUT2D eigenvalue weighted by Gasteiger charge is 2.53. The predicted molar refractivity (Wildman–Crippen MR) is 127 cm³/mol. The van der Waals surface area contributed by atoms with E-state index in [1.807, 2.05) is 13.8 Å². The van der Waals surface area contributed by atoms with E-state index < -0.39 is 11.0 Å². The molecule has 2 aromatic rings. The minimum absolute atomic E-state index is 0.00546. The summed E-state index contributed by atoms with van der Waals surface area (Å²) in [6.45, 7) is 10.5. The molecule has 1 aliphatic heterocycles. The molecular formula is C23H29Cl2N5O2. The number of amides is 3. The van der Waals surface area contributed by atoms with E-state index >= 15 is 0 Å². The Bertz CT molecular complexity index is 1060. The number of benzene rings is 1. The van der Waals surface area contributed by atoms with Crippen molar-refractivity contribution in [2.75, 3.05) is 10.6 Å². The summed E-state index contributed by atoms with van der Waals surface area (Å²) in [5.74, 6) is 0.480. The maximum Gasteiger partial charge on any atom is 0.323 e. The number of hydrogen-bond donors (Lipinski definition) is 3. The number of carbonyl (C=O) groups excluding carboxylic acids is 2. The zero-order valence-electron chi connectivity index (χ0n) is 19.0. The molecule has 4 rings (SSSR count). The van der Waals surface area contributed by atoms with Crippen molar-refractivity contribution in [3.8, 4) is 0 Å². The Balaban J connectivity index is 1.56. The van der Waals surface area contributed by atoms with Crippen LogP contribution in [-0.4, -0.2) is 27.0 Å². The monoisotopic (exact) mass is 477 g/mol. The molecule has 0 saturated heterocycles. The van der Waals surface area contributed by atoms with E-state index in [1.54, 1.807) is 23.1 Å². The molecule has 9 heteroatoms. The average molecular weight is 478 g/mol. The number of fused-ring (bicyclic) bond motifs is 1. The van der Waals surface area contributed by atoms with Crippen LogP contribution in [0.1, 0.15) is 65.1 Å². The summed E-state index contributed by atoms with van der Waals surface area (Å²) in [5.41, 5.74) is 0.773. The van der Waals surface area contributed by atoms with Gasteiger partial charge in [-0.05, 0) is 44.2 Å². The maximum atomic E-state index is 13.3. The van der Waals surface area contributed by atoms with Gasteiger partial charge in [0, 0.05) is 5.56 Å². The summed E-state index contributed by atoms with van der Waals surface area (Å²) < 4.78 is 0. The van der Waals surface area contributed by atoms with Crippen LogP contribution in [0.3, 0.4) is 0 Å². The molecule has 32 heavy (non-hydrogen) atoms. The summed E-state index contributed by atoms with van der Waals surface area (Å²) in [7, 11) is 0. The second kappa shape index (κ2) is 7.66. The van der Waals surface area contributed by atoms with Crippen LogP contribution < -0.4 is 10.6 Å². The lowest BCUT2D eigenvalue weighted by Crippen LogP contribution is -2.51. The van der Waals surface area contributed by atoms with Crippen LogP contribution in [0.4, 0.5) is 16.3 Å². The van der Waals surface area contributed by atoms with Gasteiger partial charge in [-0.2, -0.15) is 5.10 Å². The predicted octanol–water partition coefficient (Wildman–Crippen LogP) is 6.15. The quantitative estimate of drug-likeness (QED) is 0.494. The first kappa shape index (κ1) is 22.9.